The number of aromatic nitrogens is 2. The van der Waals surface area contributed by atoms with E-state index in [1.807, 2.05) is 0 Å². The van der Waals surface area contributed by atoms with E-state index in [0.717, 1.165) is 0 Å². The molecule has 1 amide bonds. The molecule has 0 atom stereocenters. The third-order valence-corrected chi connectivity index (χ3v) is 2.38. The second kappa shape index (κ2) is 7.57. The van der Waals surface area contributed by atoms with Crippen LogP contribution in [0.2, 0.25) is 0 Å². The number of aliphatic hydroxyl groups is 1. The summed E-state index contributed by atoms with van der Waals surface area (Å²) in [5.41, 5.74) is -0.471. The standard InChI is InChI=1S/C11H17N3O4/c1-18-8-6-13(5-7-15)10(16)9-14-4-2-3-12-11(14)17/h2-4,15H,5-9H2,1H3. The van der Waals surface area contributed by atoms with E-state index in [2.05, 4.69) is 4.98 Å². The first kappa shape index (κ1) is 14.3. The zero-order valence-corrected chi connectivity index (χ0v) is 10.3. The molecule has 0 unspecified atom stereocenters. The third kappa shape index (κ3) is 4.27. The van der Waals surface area contributed by atoms with Gasteiger partial charge in [-0.3, -0.25) is 9.36 Å². The summed E-state index contributed by atoms with van der Waals surface area (Å²) in [7, 11) is 1.53. The normalized spacial score (nSPS) is 10.3. The molecule has 0 spiro atoms. The SMILES string of the molecule is COCCN(CCO)C(=O)Cn1cccnc1=O. The zero-order valence-electron chi connectivity index (χ0n) is 10.3. The van der Waals surface area contributed by atoms with Gasteiger partial charge in [0.2, 0.25) is 5.91 Å². The van der Waals surface area contributed by atoms with Crippen LogP contribution in [0.25, 0.3) is 0 Å². The quantitative estimate of drug-likeness (QED) is 0.655. The van der Waals surface area contributed by atoms with Crippen molar-refractivity contribution in [2.24, 2.45) is 0 Å². The molecule has 18 heavy (non-hydrogen) atoms. The maximum absolute atomic E-state index is 11.9. The Bertz CT molecular complexity index is 432. The van der Waals surface area contributed by atoms with Gasteiger partial charge in [0, 0.05) is 32.6 Å². The van der Waals surface area contributed by atoms with Crippen molar-refractivity contribution >= 4 is 5.91 Å². The molecule has 100 valence electrons. The number of carbonyl (C=O) groups is 1. The summed E-state index contributed by atoms with van der Waals surface area (Å²) in [6, 6.07) is 1.58. The van der Waals surface area contributed by atoms with Crippen molar-refractivity contribution in [2.45, 2.75) is 6.54 Å². The number of carbonyl (C=O) groups excluding carboxylic acids is 1. The van der Waals surface area contributed by atoms with Gasteiger partial charge < -0.3 is 14.7 Å². The largest absolute Gasteiger partial charge is 0.395 e. The summed E-state index contributed by atoms with van der Waals surface area (Å²) in [6.07, 6.45) is 2.88. The van der Waals surface area contributed by atoms with Crippen LogP contribution in [0, 0.1) is 0 Å². The van der Waals surface area contributed by atoms with Crippen LogP contribution in [0.5, 0.6) is 0 Å². The second-order valence-electron chi connectivity index (χ2n) is 3.63. The van der Waals surface area contributed by atoms with Gasteiger partial charge in [0.05, 0.1) is 13.2 Å². The Kier molecular flexibility index (Phi) is 6.03. The van der Waals surface area contributed by atoms with Crippen LogP contribution in [0.15, 0.2) is 23.3 Å². The van der Waals surface area contributed by atoms with E-state index >= 15 is 0 Å². The molecule has 1 heterocycles. The Labute approximate surface area is 105 Å². The Morgan fingerprint density at radius 1 is 1.56 bits per heavy atom. The van der Waals surface area contributed by atoms with Gasteiger partial charge in [0.15, 0.2) is 0 Å². The summed E-state index contributed by atoms with van der Waals surface area (Å²) in [4.78, 5) is 28.3. The Balaban J connectivity index is 2.66. The van der Waals surface area contributed by atoms with Gasteiger partial charge in [0.25, 0.3) is 0 Å². The fourth-order valence-corrected chi connectivity index (χ4v) is 1.44. The second-order valence-corrected chi connectivity index (χ2v) is 3.63. The van der Waals surface area contributed by atoms with E-state index in [9.17, 15) is 9.59 Å². The summed E-state index contributed by atoms with van der Waals surface area (Å²) >= 11 is 0. The Morgan fingerprint density at radius 3 is 2.94 bits per heavy atom. The van der Waals surface area contributed by atoms with E-state index < -0.39 is 5.69 Å². The van der Waals surface area contributed by atoms with E-state index in [1.165, 1.54) is 29.0 Å². The maximum Gasteiger partial charge on any atom is 0.347 e. The molecule has 1 N–H and O–H groups in total. The van der Waals surface area contributed by atoms with Crippen molar-refractivity contribution in [2.75, 3.05) is 33.4 Å². The minimum Gasteiger partial charge on any atom is -0.395 e. The number of methoxy groups -OCH3 is 1. The van der Waals surface area contributed by atoms with Crippen LogP contribution >= 0.6 is 0 Å². The van der Waals surface area contributed by atoms with Crippen LogP contribution in [-0.4, -0.2) is 58.9 Å². The van der Waals surface area contributed by atoms with Crippen molar-refractivity contribution in [3.05, 3.63) is 28.9 Å². The van der Waals surface area contributed by atoms with E-state index in [4.69, 9.17) is 9.84 Å². The average Bonchev–Trinajstić information content (AvgIpc) is 2.37. The first-order valence-electron chi connectivity index (χ1n) is 5.58. The molecule has 0 radical (unpaired) electrons. The van der Waals surface area contributed by atoms with Gasteiger partial charge in [-0.2, -0.15) is 0 Å². The molecule has 0 bridgehead atoms. The van der Waals surface area contributed by atoms with Gasteiger partial charge in [-0.25, -0.2) is 9.78 Å². The smallest absolute Gasteiger partial charge is 0.347 e. The number of amides is 1. The van der Waals surface area contributed by atoms with E-state index in [0.29, 0.717) is 13.2 Å². The number of ether oxygens (including phenoxy) is 1. The molecule has 1 aromatic rings. The van der Waals surface area contributed by atoms with Crippen molar-refractivity contribution < 1.29 is 14.6 Å². The molecule has 0 aliphatic rings. The van der Waals surface area contributed by atoms with Gasteiger partial charge in [-0.1, -0.05) is 0 Å². The molecule has 0 aliphatic heterocycles. The predicted octanol–water partition coefficient (Wildman–Crippen LogP) is -1.29. The molecule has 1 aromatic heterocycles. The number of hydrogen-bond donors (Lipinski definition) is 1. The lowest BCUT2D eigenvalue weighted by Crippen LogP contribution is -2.40. The highest BCUT2D eigenvalue weighted by Crippen LogP contribution is 1.93. The van der Waals surface area contributed by atoms with Crippen LogP contribution < -0.4 is 5.69 Å². The molecule has 0 aromatic carbocycles. The molecule has 1 rings (SSSR count). The van der Waals surface area contributed by atoms with Crippen LogP contribution in [0.4, 0.5) is 0 Å². The first-order valence-corrected chi connectivity index (χ1v) is 5.58. The highest BCUT2D eigenvalue weighted by atomic mass is 16.5. The van der Waals surface area contributed by atoms with E-state index in [-0.39, 0.29) is 25.6 Å². The average molecular weight is 255 g/mol. The summed E-state index contributed by atoms with van der Waals surface area (Å²) in [5, 5.41) is 8.89. The maximum atomic E-state index is 11.9. The summed E-state index contributed by atoms with van der Waals surface area (Å²) in [6.45, 7) is 0.767. The molecular formula is C11H17N3O4. The van der Waals surface area contributed by atoms with Gasteiger partial charge in [-0.15, -0.1) is 0 Å². The highest BCUT2D eigenvalue weighted by Gasteiger charge is 2.13. The lowest BCUT2D eigenvalue weighted by Gasteiger charge is -2.21. The number of aliphatic hydroxyl groups excluding tert-OH is 1. The predicted molar refractivity (Wildman–Crippen MR) is 64.0 cm³/mol. The lowest BCUT2D eigenvalue weighted by atomic mass is 10.4. The molecule has 0 aliphatic carbocycles. The number of rotatable bonds is 7. The number of hydrogen-bond acceptors (Lipinski definition) is 5. The fourth-order valence-electron chi connectivity index (χ4n) is 1.44. The Morgan fingerprint density at radius 2 is 2.33 bits per heavy atom. The highest BCUT2D eigenvalue weighted by molar-refractivity contribution is 5.75. The zero-order chi connectivity index (χ0) is 13.4. The topological polar surface area (TPSA) is 84.7 Å². The van der Waals surface area contributed by atoms with Crippen molar-refractivity contribution in [3.63, 3.8) is 0 Å². The fraction of sp³-hybridized carbons (Fsp3) is 0.545. The number of nitrogens with zero attached hydrogens (tertiary/aromatic N) is 3. The molecule has 0 fully saturated rings. The molecule has 7 heteroatoms. The molecule has 7 nitrogen and oxygen atoms in total. The van der Waals surface area contributed by atoms with Crippen LogP contribution in [0.3, 0.4) is 0 Å². The van der Waals surface area contributed by atoms with Gasteiger partial charge in [-0.05, 0) is 6.07 Å². The van der Waals surface area contributed by atoms with Gasteiger partial charge in [0.1, 0.15) is 6.54 Å². The minimum atomic E-state index is -0.471. The van der Waals surface area contributed by atoms with Crippen LogP contribution in [-0.2, 0) is 16.1 Å². The van der Waals surface area contributed by atoms with Crippen molar-refractivity contribution in [1.29, 1.82) is 0 Å². The molecule has 0 saturated heterocycles. The minimum absolute atomic E-state index is 0.0869. The van der Waals surface area contributed by atoms with Crippen molar-refractivity contribution in [3.8, 4) is 0 Å². The Hall–Kier alpha value is -1.73. The van der Waals surface area contributed by atoms with Crippen molar-refractivity contribution in [1.82, 2.24) is 14.5 Å². The monoisotopic (exact) mass is 255 g/mol. The van der Waals surface area contributed by atoms with E-state index in [1.54, 1.807) is 6.07 Å². The third-order valence-electron chi connectivity index (χ3n) is 2.38. The molecule has 0 saturated carbocycles. The van der Waals surface area contributed by atoms with Crippen LogP contribution in [0.1, 0.15) is 0 Å². The molecular weight excluding hydrogens is 238 g/mol. The first-order chi connectivity index (χ1) is 8.69. The lowest BCUT2D eigenvalue weighted by molar-refractivity contribution is -0.133. The van der Waals surface area contributed by atoms with Gasteiger partial charge >= 0.3 is 5.69 Å². The summed E-state index contributed by atoms with van der Waals surface area (Å²) in [5.74, 6) is -0.254. The summed E-state index contributed by atoms with van der Waals surface area (Å²) < 4.78 is 6.11.